The monoisotopic (exact) mass is 207 g/mol. The summed E-state index contributed by atoms with van der Waals surface area (Å²) in [5.74, 6) is 0. The molecule has 0 unspecified atom stereocenters. The smallest absolute Gasteiger partial charge is 0.116 e. The summed E-state index contributed by atoms with van der Waals surface area (Å²) in [5, 5.41) is 2.93. The third-order valence-electron chi connectivity index (χ3n) is 0.612. The van der Waals surface area contributed by atoms with E-state index in [0.717, 1.165) is 12.8 Å². The van der Waals surface area contributed by atoms with Gasteiger partial charge in [0.05, 0.1) is 0 Å². The fourth-order valence-electron chi connectivity index (χ4n) is 0. The molecule has 4 nitrogen and oxygen atoms in total. The van der Waals surface area contributed by atoms with E-state index in [-0.39, 0.29) is 7.43 Å². The molecule has 0 saturated carbocycles. The molecule has 0 heterocycles. The Balaban J connectivity index is -0.0000000260. The van der Waals surface area contributed by atoms with Gasteiger partial charge in [0.25, 0.3) is 0 Å². The highest BCUT2D eigenvalue weighted by Gasteiger charge is 1.50. The van der Waals surface area contributed by atoms with Gasteiger partial charge in [-0.3, -0.25) is 0 Å². The molecule has 0 fully saturated rings. The summed E-state index contributed by atoms with van der Waals surface area (Å²) in [4.78, 5) is 12.4. The van der Waals surface area contributed by atoms with E-state index >= 15 is 0 Å². The van der Waals surface area contributed by atoms with Crippen molar-refractivity contribution < 1.29 is 4.79 Å². The number of nitrogens with zero attached hydrogens (tertiary/aromatic N) is 1. The van der Waals surface area contributed by atoms with Crippen LogP contribution in [0.25, 0.3) is 0 Å². The molecule has 0 aliphatic carbocycles. The van der Waals surface area contributed by atoms with Crippen molar-refractivity contribution in [2.24, 2.45) is 10.7 Å². The molecular formula is C10H29N3O. The largest absolute Gasteiger partial charge is 0.333 e. The van der Waals surface area contributed by atoms with Crippen LogP contribution in [0.1, 0.15) is 28.2 Å². The van der Waals surface area contributed by atoms with Gasteiger partial charge in [0, 0.05) is 7.05 Å². The Morgan fingerprint density at radius 2 is 1.50 bits per heavy atom. The van der Waals surface area contributed by atoms with E-state index in [1.807, 2.05) is 14.0 Å². The fraction of sp³-hybridized carbons (Fsp3) is 0.800. The van der Waals surface area contributed by atoms with Crippen molar-refractivity contribution in [3.63, 3.8) is 0 Å². The second kappa shape index (κ2) is 85.7. The molecule has 0 atom stereocenters. The number of hydrogen-bond acceptors (Lipinski definition) is 4. The van der Waals surface area contributed by atoms with Crippen LogP contribution in [-0.2, 0) is 4.79 Å². The van der Waals surface area contributed by atoms with E-state index in [4.69, 9.17) is 4.79 Å². The third kappa shape index (κ3) is 747. The number of aliphatic imine (C=N–C) groups is 1. The second-order valence-electron chi connectivity index (χ2n) is 1.46. The van der Waals surface area contributed by atoms with E-state index in [9.17, 15) is 0 Å². The molecule has 90 valence electrons. The zero-order chi connectivity index (χ0) is 11.5. The topological polar surface area (TPSA) is 67.5 Å². The summed E-state index contributed by atoms with van der Waals surface area (Å²) in [6.07, 6.45) is 2.50. The van der Waals surface area contributed by atoms with Gasteiger partial charge in [-0.1, -0.05) is 14.4 Å². The van der Waals surface area contributed by atoms with Crippen molar-refractivity contribution in [2.75, 3.05) is 27.7 Å². The van der Waals surface area contributed by atoms with Crippen LogP contribution in [0.5, 0.6) is 0 Å². The van der Waals surface area contributed by atoms with Crippen molar-refractivity contribution >= 4 is 12.5 Å². The van der Waals surface area contributed by atoms with Crippen LogP contribution in [0, 0.1) is 0 Å². The van der Waals surface area contributed by atoms with Gasteiger partial charge in [-0.2, -0.15) is 0 Å². The first-order valence-corrected chi connectivity index (χ1v) is 4.23. The zero-order valence-electron chi connectivity index (χ0n) is 9.79. The standard InChI is InChI=1S/C3H9N.C3H7N.C2H4O.CH5N.CH4/c2*1-3-4-2;1-2-3;1-2;/h4H,3H2,1-2H3;3H,1-2H3;2H,1H3;2H2,1H3;1H4. The van der Waals surface area contributed by atoms with Gasteiger partial charge in [0.2, 0.25) is 0 Å². The molecule has 0 aliphatic heterocycles. The average molecular weight is 207 g/mol. The lowest BCUT2D eigenvalue weighted by Crippen LogP contribution is -2.01. The molecule has 0 aromatic rings. The first-order chi connectivity index (χ1) is 6.24. The zero-order valence-corrected chi connectivity index (χ0v) is 9.79. The number of carbonyl (C=O) groups excluding carboxylic acids is 1. The van der Waals surface area contributed by atoms with Gasteiger partial charge in [0.15, 0.2) is 0 Å². The first-order valence-electron chi connectivity index (χ1n) is 4.23. The summed E-state index contributed by atoms with van der Waals surface area (Å²) in [5.41, 5.74) is 4.50. The molecule has 0 aromatic carbocycles. The number of rotatable bonds is 1. The van der Waals surface area contributed by atoms with Crippen LogP contribution in [0.2, 0.25) is 0 Å². The summed E-state index contributed by atoms with van der Waals surface area (Å²) < 4.78 is 0. The van der Waals surface area contributed by atoms with Crippen molar-refractivity contribution in [2.45, 2.75) is 28.2 Å². The van der Waals surface area contributed by atoms with Gasteiger partial charge in [-0.05, 0) is 40.7 Å². The van der Waals surface area contributed by atoms with Crippen molar-refractivity contribution in [3.8, 4) is 0 Å². The maximum atomic E-state index is 8.81. The van der Waals surface area contributed by atoms with Crippen LogP contribution in [0.4, 0.5) is 0 Å². The highest BCUT2D eigenvalue weighted by molar-refractivity contribution is 5.52. The molecular weight excluding hydrogens is 178 g/mol. The van der Waals surface area contributed by atoms with Gasteiger partial charge < -0.3 is 20.8 Å². The molecule has 14 heavy (non-hydrogen) atoms. The molecule has 0 saturated heterocycles. The Morgan fingerprint density at radius 3 is 1.50 bits per heavy atom. The van der Waals surface area contributed by atoms with Gasteiger partial charge in [-0.25, -0.2) is 0 Å². The van der Waals surface area contributed by atoms with E-state index in [0.29, 0.717) is 0 Å². The molecule has 0 amide bonds. The van der Waals surface area contributed by atoms with Crippen LogP contribution < -0.4 is 11.1 Å². The molecule has 0 aromatic heterocycles. The minimum atomic E-state index is 0. The summed E-state index contributed by atoms with van der Waals surface area (Å²) in [6.45, 7) is 6.47. The Morgan fingerprint density at radius 1 is 1.36 bits per heavy atom. The van der Waals surface area contributed by atoms with E-state index in [1.54, 1.807) is 13.3 Å². The van der Waals surface area contributed by atoms with Gasteiger partial charge >= 0.3 is 0 Å². The van der Waals surface area contributed by atoms with Crippen molar-refractivity contribution in [3.05, 3.63) is 0 Å². The third-order valence-corrected chi connectivity index (χ3v) is 0.612. The van der Waals surface area contributed by atoms with E-state index in [2.05, 4.69) is 23.0 Å². The van der Waals surface area contributed by atoms with Crippen LogP contribution in [0.15, 0.2) is 4.99 Å². The van der Waals surface area contributed by atoms with Gasteiger partial charge in [-0.15, -0.1) is 0 Å². The minimum Gasteiger partial charge on any atom is -0.333 e. The normalized spacial score (nSPS) is 6.21. The first kappa shape index (κ1) is 29.2. The SMILES string of the molecule is C.CC=NC.CC=O.CCNC.CN. The fourth-order valence-corrected chi connectivity index (χ4v) is 0. The highest BCUT2D eigenvalue weighted by atomic mass is 16.1. The minimum absolute atomic E-state index is 0. The summed E-state index contributed by atoms with van der Waals surface area (Å²) in [6, 6.07) is 0. The highest BCUT2D eigenvalue weighted by Crippen LogP contribution is 1.39. The molecule has 0 bridgehead atoms. The second-order valence-corrected chi connectivity index (χ2v) is 1.46. The molecule has 4 heteroatoms. The maximum absolute atomic E-state index is 8.81. The lowest BCUT2D eigenvalue weighted by Gasteiger charge is -1.76. The summed E-state index contributed by atoms with van der Waals surface area (Å²) in [7, 11) is 5.18. The van der Waals surface area contributed by atoms with Crippen molar-refractivity contribution in [1.82, 2.24) is 5.32 Å². The Labute approximate surface area is 90.0 Å². The van der Waals surface area contributed by atoms with Crippen molar-refractivity contribution in [1.29, 1.82) is 0 Å². The molecule has 0 rings (SSSR count). The van der Waals surface area contributed by atoms with Gasteiger partial charge in [0.1, 0.15) is 6.29 Å². The Kier molecular flexibility index (Phi) is 179. The lowest BCUT2D eigenvalue weighted by atomic mass is 10.8. The number of aldehydes is 1. The average Bonchev–Trinajstić information content (AvgIpc) is 2.22. The molecule has 0 radical (unpaired) electrons. The van der Waals surface area contributed by atoms with Crippen LogP contribution in [0.3, 0.4) is 0 Å². The number of nitrogens with one attached hydrogen (secondary N) is 1. The van der Waals surface area contributed by atoms with Crippen LogP contribution in [-0.4, -0.2) is 40.2 Å². The molecule has 0 aliphatic rings. The van der Waals surface area contributed by atoms with E-state index < -0.39 is 0 Å². The number of hydrogen-bond donors (Lipinski definition) is 2. The van der Waals surface area contributed by atoms with E-state index in [1.165, 1.54) is 14.0 Å². The predicted octanol–water partition coefficient (Wildman–Crippen LogP) is 1.35. The summed E-state index contributed by atoms with van der Waals surface area (Å²) >= 11 is 0. The molecule has 0 spiro atoms. The number of carbonyl (C=O) groups is 1. The lowest BCUT2D eigenvalue weighted by molar-refractivity contribution is -0.106. The Hall–Kier alpha value is -0.740. The Bertz CT molecular complexity index is 69.8. The number of nitrogens with two attached hydrogens (primary N) is 1. The predicted molar refractivity (Wildman–Crippen MR) is 68.3 cm³/mol. The maximum Gasteiger partial charge on any atom is 0.116 e. The molecule has 3 N–H and O–H groups in total. The van der Waals surface area contributed by atoms with Crippen LogP contribution >= 0.6 is 0 Å². The quantitative estimate of drug-likeness (QED) is 0.504.